The first-order valence-electron chi connectivity index (χ1n) is 10.6. The summed E-state index contributed by atoms with van der Waals surface area (Å²) in [4.78, 5) is 4.80. The second-order valence-electron chi connectivity index (χ2n) is 8.54. The molecule has 1 aromatic carbocycles. The molecule has 4 rings (SSSR count). The van der Waals surface area contributed by atoms with E-state index >= 15 is 0 Å². The minimum Gasteiger partial charge on any atom is -0.490 e. The van der Waals surface area contributed by atoms with Gasteiger partial charge in [-0.05, 0) is 38.7 Å². The summed E-state index contributed by atoms with van der Waals surface area (Å²) in [6.07, 6.45) is 6.45. The molecule has 1 unspecified atom stereocenters. The third-order valence-electron chi connectivity index (χ3n) is 6.81. The maximum absolute atomic E-state index is 13.5. The summed E-state index contributed by atoms with van der Waals surface area (Å²) in [6, 6.07) is 9.09. The zero-order valence-electron chi connectivity index (χ0n) is 16.4. The van der Waals surface area contributed by atoms with Crippen molar-refractivity contribution in [2.45, 2.75) is 76.0 Å². The highest BCUT2D eigenvalue weighted by atomic mass is 19.3. The highest BCUT2D eigenvalue weighted by Crippen LogP contribution is 2.36. The van der Waals surface area contributed by atoms with Crippen LogP contribution in [0.1, 0.15) is 63.5 Å². The third kappa shape index (κ3) is 4.45. The fraction of sp³-hybridized carbons (Fsp3) is 0.727. The molecule has 1 atom stereocenters. The molecule has 3 nitrogen and oxygen atoms in total. The van der Waals surface area contributed by atoms with Crippen molar-refractivity contribution < 1.29 is 13.5 Å². The van der Waals surface area contributed by atoms with Crippen LogP contribution >= 0.6 is 0 Å². The molecule has 0 bridgehead atoms. The molecule has 1 aromatic rings. The Morgan fingerprint density at radius 1 is 1.00 bits per heavy atom. The molecule has 3 aliphatic rings. The number of nitrogens with zero attached hydrogens (tertiary/aromatic N) is 2. The van der Waals surface area contributed by atoms with E-state index < -0.39 is 5.92 Å². The molecule has 3 fully saturated rings. The largest absolute Gasteiger partial charge is 0.490 e. The summed E-state index contributed by atoms with van der Waals surface area (Å²) in [5.74, 6) is -1.56. The minimum absolute atomic E-state index is 0.0417. The Morgan fingerprint density at radius 3 is 2.30 bits per heavy atom. The van der Waals surface area contributed by atoms with Crippen molar-refractivity contribution >= 4 is 0 Å². The van der Waals surface area contributed by atoms with Crippen molar-refractivity contribution in [3.8, 4) is 5.75 Å². The van der Waals surface area contributed by atoms with E-state index in [1.807, 2.05) is 18.2 Å². The molecule has 0 radical (unpaired) electrons. The fourth-order valence-corrected chi connectivity index (χ4v) is 4.66. The lowest BCUT2D eigenvalue weighted by Gasteiger charge is -2.42. The van der Waals surface area contributed by atoms with Crippen molar-refractivity contribution in [3.63, 3.8) is 0 Å². The zero-order chi connectivity index (χ0) is 18.9. The molecule has 0 amide bonds. The van der Waals surface area contributed by atoms with Crippen molar-refractivity contribution in [1.82, 2.24) is 9.80 Å². The monoisotopic (exact) mass is 378 g/mol. The summed E-state index contributed by atoms with van der Waals surface area (Å²) in [5.41, 5.74) is 1.13. The second kappa shape index (κ2) is 8.04. The van der Waals surface area contributed by atoms with Gasteiger partial charge in [0.15, 0.2) is 0 Å². The third-order valence-corrected chi connectivity index (χ3v) is 6.81. The molecule has 2 heterocycles. The minimum atomic E-state index is -2.50. The van der Waals surface area contributed by atoms with Gasteiger partial charge in [0.25, 0.3) is 5.92 Å². The van der Waals surface area contributed by atoms with Gasteiger partial charge in [0.1, 0.15) is 11.9 Å². The molecule has 0 N–H and O–H groups in total. The van der Waals surface area contributed by atoms with Crippen molar-refractivity contribution in [2.24, 2.45) is 0 Å². The summed E-state index contributed by atoms with van der Waals surface area (Å²) >= 11 is 0. The first-order chi connectivity index (χ1) is 13.0. The van der Waals surface area contributed by atoms with E-state index in [1.54, 1.807) is 0 Å². The average Bonchev–Trinajstić information content (AvgIpc) is 2.62. The molecule has 2 aliphatic heterocycles. The lowest BCUT2D eigenvalue weighted by Crippen LogP contribution is -2.46. The van der Waals surface area contributed by atoms with Gasteiger partial charge >= 0.3 is 0 Å². The quantitative estimate of drug-likeness (QED) is 0.727. The van der Waals surface area contributed by atoms with E-state index in [2.05, 4.69) is 22.8 Å². The number of ether oxygens (including phenoxy) is 1. The van der Waals surface area contributed by atoms with Gasteiger partial charge < -0.3 is 9.64 Å². The Hall–Kier alpha value is -1.20. The maximum atomic E-state index is 13.5. The molecule has 1 aliphatic carbocycles. The van der Waals surface area contributed by atoms with Gasteiger partial charge in [0.05, 0.1) is 0 Å². The molecular formula is C22H32F2N2O. The Labute approximate surface area is 161 Å². The van der Waals surface area contributed by atoms with Crippen LogP contribution in [0.25, 0.3) is 0 Å². The molecule has 27 heavy (non-hydrogen) atoms. The van der Waals surface area contributed by atoms with E-state index in [0.29, 0.717) is 13.1 Å². The van der Waals surface area contributed by atoms with Crippen molar-refractivity contribution in [3.05, 3.63) is 29.8 Å². The maximum Gasteiger partial charge on any atom is 0.250 e. The lowest BCUT2D eigenvalue weighted by molar-refractivity contribution is -0.0622. The second-order valence-corrected chi connectivity index (χ2v) is 8.54. The summed E-state index contributed by atoms with van der Waals surface area (Å²) in [5, 5.41) is 0. The fourth-order valence-electron chi connectivity index (χ4n) is 4.66. The predicted octanol–water partition coefficient (Wildman–Crippen LogP) is 4.87. The number of alkyl halides is 2. The highest BCUT2D eigenvalue weighted by molar-refractivity contribution is 5.36. The summed E-state index contributed by atoms with van der Waals surface area (Å²) in [6.45, 7) is 5.28. The number of likely N-dealkylation sites (tertiary alicyclic amines) is 2. The highest BCUT2D eigenvalue weighted by Gasteiger charge is 2.36. The van der Waals surface area contributed by atoms with Crippen LogP contribution in [0, 0.1) is 0 Å². The summed E-state index contributed by atoms with van der Waals surface area (Å²) in [7, 11) is 0. The number of benzene rings is 1. The number of piperidine rings is 2. The van der Waals surface area contributed by atoms with E-state index in [-0.39, 0.29) is 25.0 Å². The Balaban J connectivity index is 1.36. The van der Waals surface area contributed by atoms with Crippen LogP contribution in [-0.2, 0) is 0 Å². The van der Waals surface area contributed by atoms with Gasteiger partial charge in [0.2, 0.25) is 0 Å². The van der Waals surface area contributed by atoms with Gasteiger partial charge in [-0.1, -0.05) is 24.6 Å². The van der Waals surface area contributed by atoms with Gasteiger partial charge in [0, 0.05) is 56.7 Å². The molecule has 2 saturated heterocycles. The zero-order valence-corrected chi connectivity index (χ0v) is 16.4. The smallest absolute Gasteiger partial charge is 0.250 e. The van der Waals surface area contributed by atoms with Crippen LogP contribution in [0.5, 0.6) is 5.75 Å². The topological polar surface area (TPSA) is 15.7 Å². The number of para-hydroxylation sites is 1. The lowest BCUT2D eigenvalue weighted by atomic mass is 9.89. The van der Waals surface area contributed by atoms with Crippen molar-refractivity contribution in [1.29, 1.82) is 0 Å². The number of hydrogen-bond acceptors (Lipinski definition) is 3. The van der Waals surface area contributed by atoms with Crippen LogP contribution in [0.15, 0.2) is 24.3 Å². The predicted molar refractivity (Wildman–Crippen MR) is 103 cm³/mol. The molecular weight excluding hydrogens is 346 g/mol. The van der Waals surface area contributed by atoms with Gasteiger partial charge in [-0.2, -0.15) is 0 Å². The Kier molecular flexibility index (Phi) is 5.70. The van der Waals surface area contributed by atoms with Crippen LogP contribution < -0.4 is 4.74 Å². The first kappa shape index (κ1) is 19.1. The van der Waals surface area contributed by atoms with E-state index in [4.69, 9.17) is 4.74 Å². The molecule has 150 valence electrons. The van der Waals surface area contributed by atoms with E-state index in [1.165, 1.54) is 19.3 Å². The number of rotatable bonds is 5. The van der Waals surface area contributed by atoms with Gasteiger partial charge in [-0.25, -0.2) is 8.78 Å². The SMILES string of the molecule is CC(c1ccccc1OC1CCN(C2CCC2)CC1)N1CCC(F)(F)CC1. The first-order valence-corrected chi connectivity index (χ1v) is 10.6. The van der Waals surface area contributed by atoms with E-state index in [9.17, 15) is 8.78 Å². The molecule has 0 spiro atoms. The average molecular weight is 379 g/mol. The van der Waals surface area contributed by atoms with Gasteiger partial charge in [-0.3, -0.25) is 4.90 Å². The van der Waals surface area contributed by atoms with Crippen LogP contribution in [0.3, 0.4) is 0 Å². The van der Waals surface area contributed by atoms with E-state index in [0.717, 1.165) is 43.3 Å². The van der Waals surface area contributed by atoms with Gasteiger partial charge in [-0.15, -0.1) is 0 Å². The van der Waals surface area contributed by atoms with Crippen LogP contribution in [-0.4, -0.2) is 54.0 Å². The van der Waals surface area contributed by atoms with Crippen LogP contribution in [0.2, 0.25) is 0 Å². The molecule has 0 aromatic heterocycles. The standard InChI is InChI=1S/C22H32F2N2O/c1-17(25-15-11-22(23,24)12-16-25)20-7-2-3-8-21(20)27-19-9-13-26(14-10-19)18-5-4-6-18/h2-3,7-8,17-19H,4-6,9-16H2,1H3. The normalized spacial score (nSPS) is 26.5. The molecule has 1 saturated carbocycles. The van der Waals surface area contributed by atoms with Crippen molar-refractivity contribution in [2.75, 3.05) is 26.2 Å². The number of halogens is 2. The Morgan fingerprint density at radius 2 is 1.67 bits per heavy atom. The molecule has 5 heteroatoms. The summed E-state index contributed by atoms with van der Waals surface area (Å²) < 4.78 is 33.4. The van der Waals surface area contributed by atoms with Crippen LogP contribution in [0.4, 0.5) is 8.78 Å². The Bertz CT molecular complexity index is 616. The number of hydrogen-bond donors (Lipinski definition) is 0.